The molecule has 0 aromatic heterocycles. The van der Waals surface area contributed by atoms with E-state index in [4.69, 9.17) is 0 Å². The number of rotatable bonds is 3. The molecule has 0 bridgehead atoms. The van der Waals surface area contributed by atoms with Gasteiger partial charge in [-0.1, -0.05) is 0 Å². The number of fused-ring (bicyclic) bond motifs is 1. The van der Waals surface area contributed by atoms with E-state index in [1.807, 2.05) is 0 Å². The van der Waals surface area contributed by atoms with Gasteiger partial charge in [0, 0.05) is 0 Å². The van der Waals surface area contributed by atoms with Gasteiger partial charge in [0.15, 0.2) is 0 Å². The van der Waals surface area contributed by atoms with Crippen molar-refractivity contribution in [3.8, 4) is 0 Å². The monoisotopic (exact) mass is 328 g/mol. The molecule has 1 atom stereocenters. The predicted molar refractivity (Wildman–Crippen MR) is 80.6 cm³/mol. The minimum absolute atomic E-state index is 0.589. The van der Waals surface area contributed by atoms with Crippen molar-refractivity contribution in [3.05, 3.63) is 61.5 Å². The van der Waals surface area contributed by atoms with Crippen molar-refractivity contribution >= 4 is 6.08 Å². The van der Waals surface area contributed by atoms with E-state index < -0.39 is 23.2 Å². The molecule has 1 heteroatoms. The zero-order valence-corrected chi connectivity index (χ0v) is 15.0. The van der Waals surface area contributed by atoms with Gasteiger partial charge in [0.2, 0.25) is 0 Å². The van der Waals surface area contributed by atoms with Gasteiger partial charge in [-0.15, -0.1) is 0 Å². The second-order valence-electron chi connectivity index (χ2n) is 5.32. The number of benzene rings is 1. The van der Waals surface area contributed by atoms with Crippen molar-refractivity contribution in [1.29, 1.82) is 0 Å². The van der Waals surface area contributed by atoms with E-state index in [1.165, 1.54) is 16.7 Å². The van der Waals surface area contributed by atoms with Crippen LogP contribution in [0, 0.1) is 0 Å². The van der Waals surface area contributed by atoms with Crippen LogP contribution in [-0.4, -0.2) is 0 Å². The molecule has 1 aliphatic carbocycles. The molecule has 1 aliphatic rings. The van der Waals surface area contributed by atoms with Gasteiger partial charge < -0.3 is 0 Å². The van der Waals surface area contributed by atoms with Crippen molar-refractivity contribution in [3.63, 3.8) is 0 Å². The maximum atomic E-state index is 2.38. The third-order valence-corrected chi connectivity index (χ3v) is 8.67. The van der Waals surface area contributed by atoms with E-state index in [9.17, 15) is 0 Å². The fourth-order valence-electron chi connectivity index (χ4n) is 2.51. The third-order valence-electron chi connectivity index (χ3n) is 4.09. The Balaban J connectivity index is 2.28. The Morgan fingerprint density at radius 1 is 1.16 bits per heavy atom. The van der Waals surface area contributed by atoms with Gasteiger partial charge in [-0.3, -0.25) is 0 Å². The van der Waals surface area contributed by atoms with Crippen LogP contribution >= 0.6 is 0 Å². The fourth-order valence-corrected chi connectivity index (χ4v) is 6.38. The van der Waals surface area contributed by atoms with Crippen LogP contribution < -0.4 is 0 Å². The maximum absolute atomic E-state index is 2.38. The molecule has 0 saturated heterocycles. The average Bonchev–Trinajstić information content (AvgIpc) is 2.73. The van der Waals surface area contributed by atoms with Crippen molar-refractivity contribution in [2.45, 2.75) is 38.2 Å². The standard InChI is InChI=1S/C10H9.C8H13.Zr/c1-8-6-9-4-2-3-5-10(9)7-8;1-5-7(3)8(4)6-2;/h2-7H,1H3;5H,1-4H3;. The topological polar surface area (TPSA) is 0 Å². The van der Waals surface area contributed by atoms with Gasteiger partial charge >= 0.3 is 129 Å². The Morgan fingerprint density at radius 2 is 1.84 bits per heavy atom. The van der Waals surface area contributed by atoms with E-state index in [2.05, 4.69) is 71.0 Å². The Kier molecular flexibility index (Phi) is 4.79. The first-order valence-corrected chi connectivity index (χ1v) is 9.53. The van der Waals surface area contributed by atoms with Crippen LogP contribution in [0.5, 0.6) is 0 Å². The summed E-state index contributed by atoms with van der Waals surface area (Å²) in [5.74, 6) is 0. The molecule has 1 unspecified atom stereocenters. The second-order valence-corrected chi connectivity index (χ2v) is 9.29. The summed E-state index contributed by atoms with van der Waals surface area (Å²) in [4.78, 5) is 0. The van der Waals surface area contributed by atoms with E-state index in [0.717, 1.165) is 3.63 Å². The van der Waals surface area contributed by atoms with Crippen LogP contribution in [0.3, 0.4) is 0 Å². The number of allylic oxidation sites excluding steroid dienone is 5. The predicted octanol–water partition coefficient (Wildman–Crippen LogP) is 5.49. The molecular formula is C18H22Zr. The van der Waals surface area contributed by atoms with E-state index >= 15 is 0 Å². The van der Waals surface area contributed by atoms with Crippen molar-refractivity contribution in [2.75, 3.05) is 0 Å². The molecule has 0 heterocycles. The quantitative estimate of drug-likeness (QED) is 0.643. The van der Waals surface area contributed by atoms with Gasteiger partial charge in [-0.05, 0) is 0 Å². The minimum atomic E-state index is -0.589. The van der Waals surface area contributed by atoms with Gasteiger partial charge in [0.25, 0.3) is 0 Å². The molecular weight excluding hydrogens is 307 g/mol. The number of hydrogen-bond donors (Lipinski definition) is 0. The van der Waals surface area contributed by atoms with Crippen LogP contribution in [0.4, 0.5) is 0 Å². The third kappa shape index (κ3) is 3.08. The van der Waals surface area contributed by atoms with Crippen LogP contribution in [0.15, 0.2) is 50.3 Å². The Morgan fingerprint density at radius 3 is 2.53 bits per heavy atom. The Labute approximate surface area is 128 Å². The van der Waals surface area contributed by atoms with Gasteiger partial charge in [0.1, 0.15) is 0 Å². The molecule has 98 valence electrons. The molecule has 0 nitrogen and oxygen atoms in total. The molecule has 1 aromatic rings. The molecule has 0 amide bonds. The van der Waals surface area contributed by atoms with Gasteiger partial charge in [0.05, 0.1) is 0 Å². The molecule has 0 N–H and O–H groups in total. The Bertz CT molecular complexity index is 573. The first kappa shape index (κ1) is 14.7. The first-order chi connectivity index (χ1) is 9.04. The normalized spacial score (nSPS) is 19.7. The van der Waals surface area contributed by atoms with Crippen molar-refractivity contribution < 1.29 is 23.2 Å². The molecule has 0 aliphatic heterocycles. The van der Waals surface area contributed by atoms with E-state index in [1.54, 1.807) is 14.4 Å². The van der Waals surface area contributed by atoms with Crippen LogP contribution in [0.2, 0.25) is 0 Å². The van der Waals surface area contributed by atoms with Gasteiger partial charge in [-0.2, -0.15) is 0 Å². The summed E-state index contributed by atoms with van der Waals surface area (Å²) >= 11 is -0.589. The average molecular weight is 330 g/mol. The molecule has 19 heavy (non-hydrogen) atoms. The second kappa shape index (κ2) is 6.18. The molecule has 0 radical (unpaired) electrons. The molecule has 1 aromatic carbocycles. The first-order valence-electron chi connectivity index (χ1n) is 6.89. The SMILES string of the molecule is CC=C(C)C(C)=[C](C)[Zr][CH]1C(C)=Cc2ccccc21. The van der Waals surface area contributed by atoms with E-state index in [-0.39, 0.29) is 0 Å². The van der Waals surface area contributed by atoms with Gasteiger partial charge in [-0.25, -0.2) is 0 Å². The van der Waals surface area contributed by atoms with E-state index in [0.29, 0.717) is 0 Å². The summed E-state index contributed by atoms with van der Waals surface area (Å²) in [6.07, 6.45) is 4.61. The van der Waals surface area contributed by atoms with Crippen LogP contribution in [-0.2, 0) is 23.2 Å². The summed E-state index contributed by atoms with van der Waals surface area (Å²) < 4.78 is 2.41. The fraction of sp³-hybridized carbons (Fsp3) is 0.333. The summed E-state index contributed by atoms with van der Waals surface area (Å²) in [6.45, 7) is 11.3. The van der Waals surface area contributed by atoms with Crippen LogP contribution in [0.25, 0.3) is 6.08 Å². The van der Waals surface area contributed by atoms with Crippen molar-refractivity contribution in [1.82, 2.24) is 0 Å². The number of hydrogen-bond acceptors (Lipinski definition) is 0. The molecule has 2 rings (SSSR count). The summed E-state index contributed by atoms with van der Waals surface area (Å²) in [6, 6.07) is 8.90. The summed E-state index contributed by atoms with van der Waals surface area (Å²) in [5, 5.41) is 0. The molecule has 0 saturated carbocycles. The summed E-state index contributed by atoms with van der Waals surface area (Å²) in [5.41, 5.74) is 7.53. The summed E-state index contributed by atoms with van der Waals surface area (Å²) in [7, 11) is 0. The van der Waals surface area contributed by atoms with Crippen molar-refractivity contribution in [2.24, 2.45) is 0 Å². The Hall–Kier alpha value is -0.677. The molecule has 0 fully saturated rings. The zero-order chi connectivity index (χ0) is 14.0. The zero-order valence-electron chi connectivity index (χ0n) is 12.5. The molecule has 0 spiro atoms. The van der Waals surface area contributed by atoms with Crippen LogP contribution in [0.1, 0.15) is 49.4 Å².